The minimum absolute atomic E-state index is 0.0958. The highest BCUT2D eigenvalue weighted by Gasteiger charge is 2.31. The van der Waals surface area contributed by atoms with E-state index in [1.807, 2.05) is 6.92 Å². The summed E-state index contributed by atoms with van der Waals surface area (Å²) < 4.78 is 83.0. The van der Waals surface area contributed by atoms with Gasteiger partial charge in [-0.25, -0.2) is 13.8 Å². The SMILES string of the molecule is CCc1nc2ccc(Cl)cn2c1C(=O)NCc1cc(F)c(Oc2ccc(Oc3ccc(OC(F)(F)F)cc3)cc2)c(F)c1. The zero-order valence-corrected chi connectivity index (χ0v) is 23.0. The van der Waals surface area contributed by atoms with Crippen LogP contribution < -0.4 is 19.5 Å². The molecule has 0 radical (unpaired) electrons. The van der Waals surface area contributed by atoms with Crippen molar-refractivity contribution in [2.45, 2.75) is 26.3 Å². The lowest BCUT2D eigenvalue weighted by molar-refractivity contribution is -0.274. The molecule has 43 heavy (non-hydrogen) atoms. The minimum Gasteiger partial charge on any atom is -0.457 e. The third-order valence-corrected chi connectivity index (χ3v) is 6.28. The number of amides is 1. The molecule has 13 heteroatoms. The van der Waals surface area contributed by atoms with Gasteiger partial charge in [-0.15, -0.1) is 13.2 Å². The second kappa shape index (κ2) is 12.2. The lowest BCUT2D eigenvalue weighted by Gasteiger charge is -2.12. The molecular formula is C30H21ClF5N3O4. The standard InChI is InChI=1S/C30H21ClF5N3O4/c1-2-25-27(39-16-18(31)3-12-26(39)38-25)29(40)37-15-17-13-23(32)28(24(33)14-17)42-21-6-4-19(5-7-21)41-20-8-10-22(11-9-20)43-30(34,35)36/h3-14,16H,2,15H2,1H3,(H,37,40). The van der Waals surface area contributed by atoms with E-state index in [1.54, 1.807) is 22.7 Å². The molecule has 1 amide bonds. The van der Waals surface area contributed by atoms with Crippen LogP contribution in [-0.4, -0.2) is 21.7 Å². The monoisotopic (exact) mass is 617 g/mol. The number of imidazole rings is 1. The summed E-state index contributed by atoms with van der Waals surface area (Å²) in [6.07, 6.45) is -2.76. The van der Waals surface area contributed by atoms with Gasteiger partial charge in [0.1, 0.15) is 34.3 Å². The fourth-order valence-electron chi connectivity index (χ4n) is 4.17. The van der Waals surface area contributed by atoms with Gasteiger partial charge < -0.3 is 19.5 Å². The van der Waals surface area contributed by atoms with Gasteiger partial charge in [0.25, 0.3) is 5.91 Å². The first kappa shape index (κ1) is 29.6. The Bertz CT molecular complexity index is 1750. The lowest BCUT2D eigenvalue weighted by Crippen LogP contribution is -2.25. The number of fused-ring (bicyclic) bond motifs is 1. The van der Waals surface area contributed by atoms with E-state index in [-0.39, 0.29) is 29.3 Å². The van der Waals surface area contributed by atoms with E-state index < -0.39 is 35.4 Å². The van der Waals surface area contributed by atoms with Gasteiger partial charge in [0, 0.05) is 12.7 Å². The molecule has 2 aromatic heterocycles. The second-order valence-corrected chi connectivity index (χ2v) is 9.54. The number of nitrogens with zero attached hydrogens (tertiary/aromatic N) is 2. The summed E-state index contributed by atoms with van der Waals surface area (Å²) in [5.74, 6) is -2.87. The number of hydrogen-bond donors (Lipinski definition) is 1. The Morgan fingerprint density at radius 3 is 2.00 bits per heavy atom. The van der Waals surface area contributed by atoms with Gasteiger partial charge in [0.2, 0.25) is 0 Å². The number of pyridine rings is 1. The molecule has 3 aromatic carbocycles. The van der Waals surface area contributed by atoms with E-state index in [4.69, 9.17) is 21.1 Å². The van der Waals surface area contributed by atoms with Crippen LogP contribution in [0.25, 0.3) is 5.65 Å². The van der Waals surface area contributed by atoms with E-state index in [0.29, 0.717) is 28.5 Å². The van der Waals surface area contributed by atoms with Crippen molar-refractivity contribution in [2.24, 2.45) is 0 Å². The number of carbonyl (C=O) groups is 1. The number of benzene rings is 3. The number of nitrogens with one attached hydrogen (secondary N) is 1. The topological polar surface area (TPSA) is 74.1 Å². The number of rotatable bonds is 9. The summed E-state index contributed by atoms with van der Waals surface area (Å²) in [6.45, 7) is 1.68. The molecule has 0 unspecified atom stereocenters. The van der Waals surface area contributed by atoms with Crippen LogP contribution in [0.2, 0.25) is 5.02 Å². The molecule has 0 atom stereocenters. The van der Waals surface area contributed by atoms with Gasteiger partial charge in [-0.05, 0) is 84.8 Å². The highest BCUT2D eigenvalue weighted by Crippen LogP contribution is 2.32. The molecule has 5 aromatic rings. The molecule has 0 spiro atoms. The number of alkyl halides is 3. The van der Waals surface area contributed by atoms with Crippen molar-refractivity contribution in [1.82, 2.24) is 14.7 Å². The molecule has 0 fully saturated rings. The van der Waals surface area contributed by atoms with Gasteiger partial charge >= 0.3 is 6.36 Å². The summed E-state index contributed by atoms with van der Waals surface area (Å²) in [4.78, 5) is 17.4. The van der Waals surface area contributed by atoms with Crippen LogP contribution in [0.4, 0.5) is 22.0 Å². The van der Waals surface area contributed by atoms with Crippen molar-refractivity contribution < 1.29 is 41.0 Å². The summed E-state index contributed by atoms with van der Waals surface area (Å²) in [6, 6.07) is 15.9. The third kappa shape index (κ3) is 7.15. The first-order chi connectivity index (χ1) is 20.5. The average molecular weight is 618 g/mol. The van der Waals surface area contributed by atoms with Gasteiger partial charge in [-0.2, -0.15) is 0 Å². The molecular weight excluding hydrogens is 597 g/mol. The first-order valence-electron chi connectivity index (χ1n) is 12.7. The van der Waals surface area contributed by atoms with Crippen LogP contribution in [0.15, 0.2) is 79.0 Å². The van der Waals surface area contributed by atoms with Gasteiger partial charge in [-0.1, -0.05) is 18.5 Å². The van der Waals surface area contributed by atoms with Crippen LogP contribution in [-0.2, 0) is 13.0 Å². The Balaban J connectivity index is 1.22. The molecule has 5 rings (SSSR count). The predicted molar refractivity (Wildman–Crippen MR) is 147 cm³/mol. The molecule has 2 heterocycles. The van der Waals surface area contributed by atoms with Crippen LogP contribution in [0, 0.1) is 11.6 Å². The predicted octanol–water partition coefficient (Wildman–Crippen LogP) is 8.24. The fraction of sp³-hybridized carbons (Fsp3) is 0.133. The minimum atomic E-state index is -4.81. The summed E-state index contributed by atoms with van der Waals surface area (Å²) in [5.41, 5.74) is 1.53. The van der Waals surface area contributed by atoms with Crippen molar-refractivity contribution in [2.75, 3.05) is 0 Å². The smallest absolute Gasteiger partial charge is 0.457 e. The largest absolute Gasteiger partial charge is 0.573 e. The second-order valence-electron chi connectivity index (χ2n) is 9.10. The van der Waals surface area contributed by atoms with E-state index in [9.17, 15) is 26.7 Å². The zero-order valence-electron chi connectivity index (χ0n) is 22.2. The highest BCUT2D eigenvalue weighted by molar-refractivity contribution is 6.30. The van der Waals surface area contributed by atoms with Crippen molar-refractivity contribution in [3.05, 3.63) is 113 Å². The Morgan fingerprint density at radius 2 is 1.44 bits per heavy atom. The number of halogens is 6. The Kier molecular flexibility index (Phi) is 8.40. The van der Waals surface area contributed by atoms with Crippen molar-refractivity contribution >= 4 is 23.2 Å². The number of hydrogen-bond acceptors (Lipinski definition) is 5. The van der Waals surface area contributed by atoms with E-state index in [2.05, 4.69) is 15.0 Å². The van der Waals surface area contributed by atoms with Crippen LogP contribution in [0.3, 0.4) is 0 Å². The molecule has 1 N–H and O–H groups in total. The van der Waals surface area contributed by atoms with Crippen molar-refractivity contribution in [3.8, 4) is 28.7 Å². The van der Waals surface area contributed by atoms with Crippen LogP contribution in [0.1, 0.15) is 28.7 Å². The zero-order chi connectivity index (χ0) is 30.7. The Labute approximate surface area is 246 Å². The van der Waals surface area contributed by atoms with E-state index in [0.717, 1.165) is 24.3 Å². The number of aryl methyl sites for hydroxylation is 1. The Hall–Kier alpha value is -4.84. The summed E-state index contributed by atoms with van der Waals surface area (Å²) >= 11 is 6.08. The number of ether oxygens (including phenoxy) is 3. The van der Waals surface area contributed by atoms with E-state index in [1.165, 1.54) is 36.4 Å². The number of aromatic nitrogens is 2. The molecule has 0 aliphatic heterocycles. The number of carbonyl (C=O) groups excluding carboxylic acids is 1. The third-order valence-electron chi connectivity index (χ3n) is 6.05. The summed E-state index contributed by atoms with van der Waals surface area (Å²) in [7, 11) is 0. The van der Waals surface area contributed by atoms with Gasteiger partial charge in [-0.3, -0.25) is 9.20 Å². The Morgan fingerprint density at radius 1 is 0.884 bits per heavy atom. The van der Waals surface area contributed by atoms with Gasteiger partial charge in [0.05, 0.1) is 10.7 Å². The molecule has 0 aliphatic rings. The quantitative estimate of drug-likeness (QED) is 0.169. The van der Waals surface area contributed by atoms with E-state index >= 15 is 0 Å². The van der Waals surface area contributed by atoms with Crippen LogP contribution >= 0.6 is 11.6 Å². The fourth-order valence-corrected chi connectivity index (χ4v) is 4.33. The van der Waals surface area contributed by atoms with Gasteiger partial charge in [0.15, 0.2) is 17.4 Å². The first-order valence-corrected chi connectivity index (χ1v) is 13.1. The normalized spacial score (nSPS) is 11.4. The molecule has 0 bridgehead atoms. The molecule has 0 saturated carbocycles. The molecule has 0 saturated heterocycles. The van der Waals surface area contributed by atoms with Crippen LogP contribution in [0.5, 0.6) is 28.7 Å². The maximum absolute atomic E-state index is 14.9. The van der Waals surface area contributed by atoms with Crippen molar-refractivity contribution in [1.29, 1.82) is 0 Å². The molecule has 7 nitrogen and oxygen atoms in total. The molecule has 0 aliphatic carbocycles. The average Bonchev–Trinajstić information content (AvgIpc) is 3.32. The molecule has 222 valence electrons. The van der Waals surface area contributed by atoms with Crippen molar-refractivity contribution in [3.63, 3.8) is 0 Å². The maximum atomic E-state index is 14.9. The highest BCUT2D eigenvalue weighted by atomic mass is 35.5. The lowest BCUT2D eigenvalue weighted by atomic mass is 10.2. The summed E-state index contributed by atoms with van der Waals surface area (Å²) in [5, 5.41) is 3.08. The maximum Gasteiger partial charge on any atom is 0.573 e.